The second kappa shape index (κ2) is 6.22. The Labute approximate surface area is 130 Å². The Morgan fingerprint density at radius 3 is 2.95 bits per heavy atom. The number of ether oxygens (including phenoxy) is 1. The molecule has 6 nitrogen and oxygen atoms in total. The number of carbonyl (C=O) groups excluding carboxylic acids is 1. The number of aromatic nitrogens is 1. The number of piperidine rings is 1. The second-order valence-corrected chi connectivity index (χ2v) is 6.01. The van der Waals surface area contributed by atoms with Gasteiger partial charge in [-0.05, 0) is 37.8 Å². The van der Waals surface area contributed by atoms with E-state index in [0.717, 1.165) is 12.8 Å². The minimum absolute atomic E-state index is 0.0161. The van der Waals surface area contributed by atoms with E-state index < -0.39 is 11.7 Å². The number of pyridine rings is 1. The van der Waals surface area contributed by atoms with E-state index in [-0.39, 0.29) is 5.91 Å². The third-order valence-electron chi connectivity index (χ3n) is 4.79. The highest BCUT2D eigenvalue weighted by atomic mass is 16.5. The third kappa shape index (κ3) is 2.68. The molecule has 1 aromatic heterocycles. The number of nitrogens with zero attached hydrogens (tertiary/aromatic N) is 2. The van der Waals surface area contributed by atoms with Gasteiger partial charge in [-0.25, -0.2) is 4.98 Å². The molecule has 22 heavy (non-hydrogen) atoms. The zero-order valence-electron chi connectivity index (χ0n) is 12.9. The summed E-state index contributed by atoms with van der Waals surface area (Å²) >= 11 is 0. The molecule has 3 heterocycles. The lowest BCUT2D eigenvalue weighted by Crippen LogP contribution is -2.56. The van der Waals surface area contributed by atoms with Crippen LogP contribution in [0.4, 0.5) is 5.82 Å². The van der Waals surface area contributed by atoms with Crippen molar-refractivity contribution in [2.45, 2.75) is 37.4 Å². The summed E-state index contributed by atoms with van der Waals surface area (Å²) in [6.07, 6.45) is 4.34. The lowest BCUT2D eigenvalue weighted by atomic mass is 9.82. The number of hydrogen-bond donors (Lipinski definition) is 2. The number of anilines is 1. The quantitative estimate of drug-likeness (QED) is 0.860. The molecule has 0 saturated carbocycles. The fourth-order valence-corrected chi connectivity index (χ4v) is 3.42. The van der Waals surface area contributed by atoms with Crippen LogP contribution in [0, 0.1) is 0 Å². The van der Waals surface area contributed by atoms with Gasteiger partial charge in [-0.1, -0.05) is 0 Å². The lowest BCUT2D eigenvalue weighted by molar-refractivity contribution is -0.174. The van der Waals surface area contributed by atoms with E-state index in [1.54, 1.807) is 25.4 Å². The van der Waals surface area contributed by atoms with E-state index >= 15 is 0 Å². The summed E-state index contributed by atoms with van der Waals surface area (Å²) in [5, 5.41) is 13.2. The third-order valence-corrected chi connectivity index (χ3v) is 4.79. The first-order valence-electron chi connectivity index (χ1n) is 7.90. The summed E-state index contributed by atoms with van der Waals surface area (Å²) in [6, 6.07) is 3.56. The van der Waals surface area contributed by atoms with Crippen LogP contribution in [0.2, 0.25) is 0 Å². The van der Waals surface area contributed by atoms with Crippen LogP contribution in [-0.2, 0) is 4.74 Å². The minimum Gasteiger partial charge on any atom is -0.390 e. The standard InChI is InChI=1S/C16H23N3O3/c1-17-14-12(4-2-8-18-14)15(21)19-9-6-16(7-10-19)13(20)5-3-11-22-16/h2,4,8,13,20H,3,5-7,9-11H2,1H3,(H,17,18). The van der Waals surface area contributed by atoms with Crippen molar-refractivity contribution in [1.29, 1.82) is 0 Å². The SMILES string of the molecule is CNc1ncccc1C(=O)N1CCC2(CC1)OCCCC2O. The lowest BCUT2D eigenvalue weighted by Gasteiger charge is -2.46. The van der Waals surface area contributed by atoms with Gasteiger partial charge in [0.1, 0.15) is 5.82 Å². The van der Waals surface area contributed by atoms with Crippen molar-refractivity contribution < 1.29 is 14.6 Å². The van der Waals surface area contributed by atoms with Gasteiger partial charge in [0.05, 0.1) is 17.3 Å². The zero-order valence-corrected chi connectivity index (χ0v) is 12.9. The highest BCUT2D eigenvalue weighted by Gasteiger charge is 2.44. The van der Waals surface area contributed by atoms with Gasteiger partial charge in [-0.15, -0.1) is 0 Å². The molecule has 1 amide bonds. The predicted octanol–water partition coefficient (Wildman–Crippen LogP) is 1.27. The van der Waals surface area contributed by atoms with Crippen molar-refractivity contribution >= 4 is 11.7 Å². The van der Waals surface area contributed by atoms with Gasteiger partial charge in [0.25, 0.3) is 5.91 Å². The van der Waals surface area contributed by atoms with E-state index in [1.807, 2.05) is 4.90 Å². The maximum Gasteiger partial charge on any atom is 0.257 e. The van der Waals surface area contributed by atoms with Crippen LogP contribution in [0.15, 0.2) is 18.3 Å². The van der Waals surface area contributed by atoms with Gasteiger partial charge in [0, 0.05) is 32.9 Å². The first kappa shape index (κ1) is 15.2. The molecular weight excluding hydrogens is 282 g/mol. The largest absolute Gasteiger partial charge is 0.390 e. The van der Waals surface area contributed by atoms with E-state index in [4.69, 9.17) is 4.74 Å². The maximum absolute atomic E-state index is 12.7. The molecule has 0 aromatic carbocycles. The van der Waals surface area contributed by atoms with E-state index in [2.05, 4.69) is 10.3 Å². The van der Waals surface area contributed by atoms with Gasteiger partial charge in [0.15, 0.2) is 0 Å². The zero-order chi connectivity index (χ0) is 15.6. The van der Waals surface area contributed by atoms with Gasteiger partial charge in [-0.2, -0.15) is 0 Å². The van der Waals surface area contributed by atoms with Gasteiger partial charge in [0.2, 0.25) is 0 Å². The topological polar surface area (TPSA) is 74.7 Å². The van der Waals surface area contributed by atoms with Crippen molar-refractivity contribution in [1.82, 2.24) is 9.88 Å². The maximum atomic E-state index is 12.7. The normalized spacial score (nSPS) is 24.3. The number of aliphatic hydroxyl groups excluding tert-OH is 1. The average Bonchev–Trinajstić information content (AvgIpc) is 2.58. The Kier molecular flexibility index (Phi) is 4.31. The summed E-state index contributed by atoms with van der Waals surface area (Å²) in [6.45, 7) is 1.92. The minimum atomic E-state index is -0.449. The molecule has 1 atom stereocenters. The first-order chi connectivity index (χ1) is 10.7. The van der Waals surface area contributed by atoms with Crippen molar-refractivity contribution in [3.05, 3.63) is 23.9 Å². The molecule has 2 aliphatic rings. The Morgan fingerprint density at radius 1 is 1.50 bits per heavy atom. The molecule has 0 aliphatic carbocycles. The van der Waals surface area contributed by atoms with Crippen molar-refractivity contribution in [3.63, 3.8) is 0 Å². The van der Waals surface area contributed by atoms with E-state index in [9.17, 15) is 9.90 Å². The highest BCUT2D eigenvalue weighted by molar-refractivity contribution is 5.98. The Bertz CT molecular complexity index is 541. The second-order valence-electron chi connectivity index (χ2n) is 6.01. The number of aliphatic hydroxyl groups is 1. The van der Waals surface area contributed by atoms with Crippen LogP contribution in [0.1, 0.15) is 36.0 Å². The molecule has 1 unspecified atom stereocenters. The molecule has 1 spiro atoms. The fourth-order valence-electron chi connectivity index (χ4n) is 3.42. The molecule has 1 aromatic rings. The summed E-state index contributed by atoms with van der Waals surface area (Å²) in [7, 11) is 1.76. The number of nitrogens with one attached hydrogen (secondary N) is 1. The molecule has 3 rings (SSSR count). The molecule has 2 fully saturated rings. The Balaban J connectivity index is 1.69. The molecule has 2 aliphatic heterocycles. The van der Waals surface area contributed by atoms with E-state index in [0.29, 0.717) is 43.9 Å². The molecule has 2 saturated heterocycles. The van der Waals surface area contributed by atoms with Crippen LogP contribution in [0.25, 0.3) is 0 Å². The van der Waals surface area contributed by atoms with Gasteiger partial charge in [-0.3, -0.25) is 4.79 Å². The predicted molar refractivity (Wildman–Crippen MR) is 82.8 cm³/mol. The van der Waals surface area contributed by atoms with Crippen LogP contribution in [0.3, 0.4) is 0 Å². The van der Waals surface area contributed by atoms with Gasteiger partial charge >= 0.3 is 0 Å². The molecule has 0 radical (unpaired) electrons. The number of carbonyl (C=O) groups is 1. The smallest absolute Gasteiger partial charge is 0.257 e. The molecular formula is C16H23N3O3. The molecule has 2 N–H and O–H groups in total. The van der Waals surface area contributed by atoms with Crippen LogP contribution in [0.5, 0.6) is 0 Å². The van der Waals surface area contributed by atoms with Crippen LogP contribution < -0.4 is 5.32 Å². The number of hydrogen-bond acceptors (Lipinski definition) is 5. The number of amides is 1. The number of likely N-dealkylation sites (tertiary alicyclic amines) is 1. The van der Waals surface area contributed by atoms with Crippen molar-refractivity contribution in [2.24, 2.45) is 0 Å². The average molecular weight is 305 g/mol. The highest BCUT2D eigenvalue weighted by Crippen LogP contribution is 2.35. The molecule has 6 heteroatoms. The Hall–Kier alpha value is -1.66. The summed E-state index contributed by atoms with van der Waals surface area (Å²) in [5.74, 6) is 0.583. The summed E-state index contributed by atoms with van der Waals surface area (Å²) in [4.78, 5) is 18.7. The number of rotatable bonds is 2. The van der Waals surface area contributed by atoms with Crippen LogP contribution in [-0.4, -0.2) is 59.3 Å². The monoisotopic (exact) mass is 305 g/mol. The van der Waals surface area contributed by atoms with Crippen LogP contribution >= 0.6 is 0 Å². The van der Waals surface area contributed by atoms with E-state index in [1.165, 1.54) is 0 Å². The first-order valence-corrected chi connectivity index (χ1v) is 7.90. The van der Waals surface area contributed by atoms with Crippen molar-refractivity contribution in [2.75, 3.05) is 32.1 Å². The molecule has 120 valence electrons. The summed E-state index contributed by atoms with van der Waals surface area (Å²) < 4.78 is 5.88. The molecule has 0 bridgehead atoms. The Morgan fingerprint density at radius 2 is 2.27 bits per heavy atom. The fraction of sp³-hybridized carbons (Fsp3) is 0.625. The summed E-state index contributed by atoms with van der Waals surface area (Å²) in [5.41, 5.74) is 0.140. The van der Waals surface area contributed by atoms with Crippen molar-refractivity contribution in [3.8, 4) is 0 Å². The van der Waals surface area contributed by atoms with Gasteiger partial charge < -0.3 is 20.1 Å².